The average molecular weight is 260 g/mol. The molecule has 0 amide bonds. The molecule has 0 N–H and O–H groups in total. The maximum atomic E-state index is 4.41. The fraction of sp³-hybridized carbons (Fsp3) is 0.733. The Morgan fingerprint density at radius 3 is 2.74 bits per heavy atom. The summed E-state index contributed by atoms with van der Waals surface area (Å²) in [7, 11) is 4.38. The smallest absolute Gasteiger partial charge is 0.225 e. The average Bonchev–Trinajstić information content (AvgIpc) is 2.84. The molecule has 4 heteroatoms. The fourth-order valence-corrected chi connectivity index (χ4v) is 3.91. The summed E-state index contributed by atoms with van der Waals surface area (Å²) in [4.78, 5) is 13.6. The normalized spacial score (nSPS) is 30.7. The van der Waals surface area contributed by atoms with E-state index in [1.807, 2.05) is 18.5 Å². The molecule has 3 rings (SSSR count). The van der Waals surface area contributed by atoms with E-state index in [-0.39, 0.29) is 0 Å². The van der Waals surface area contributed by atoms with Crippen LogP contribution in [0, 0.1) is 17.8 Å². The largest absolute Gasteiger partial charge is 0.340 e. The van der Waals surface area contributed by atoms with Crippen LogP contribution in [0.2, 0.25) is 0 Å². The van der Waals surface area contributed by atoms with Crippen molar-refractivity contribution in [1.82, 2.24) is 14.9 Å². The SMILES string of the molecule is CN(C)C[C@@H]1CCC[C@@H]2CN(c3ncccn3)C[C@H]21. The third kappa shape index (κ3) is 2.73. The third-order valence-corrected chi connectivity index (χ3v) is 4.68. The molecule has 1 aliphatic heterocycles. The van der Waals surface area contributed by atoms with Crippen LogP contribution in [-0.4, -0.2) is 48.6 Å². The van der Waals surface area contributed by atoms with Crippen molar-refractivity contribution in [2.75, 3.05) is 38.6 Å². The minimum absolute atomic E-state index is 0.833. The summed E-state index contributed by atoms with van der Waals surface area (Å²) >= 11 is 0. The molecule has 1 aliphatic carbocycles. The molecule has 104 valence electrons. The lowest BCUT2D eigenvalue weighted by molar-refractivity contribution is 0.160. The zero-order valence-corrected chi connectivity index (χ0v) is 12.0. The topological polar surface area (TPSA) is 32.3 Å². The molecule has 3 atom stereocenters. The number of rotatable bonds is 3. The summed E-state index contributed by atoms with van der Waals surface area (Å²) in [5, 5.41) is 0. The van der Waals surface area contributed by atoms with Crippen molar-refractivity contribution >= 4 is 5.95 Å². The first-order valence-electron chi connectivity index (χ1n) is 7.40. The zero-order valence-electron chi connectivity index (χ0n) is 12.0. The Morgan fingerprint density at radius 1 is 1.21 bits per heavy atom. The summed E-state index contributed by atoms with van der Waals surface area (Å²) in [5.41, 5.74) is 0. The maximum Gasteiger partial charge on any atom is 0.225 e. The highest BCUT2D eigenvalue weighted by Crippen LogP contribution is 2.41. The van der Waals surface area contributed by atoms with E-state index in [1.165, 1.54) is 25.8 Å². The number of hydrogen-bond donors (Lipinski definition) is 0. The molecule has 4 nitrogen and oxygen atoms in total. The lowest BCUT2D eigenvalue weighted by Gasteiger charge is -2.34. The minimum Gasteiger partial charge on any atom is -0.340 e. The van der Waals surface area contributed by atoms with Gasteiger partial charge in [0.15, 0.2) is 0 Å². The molecule has 0 aromatic carbocycles. The molecule has 19 heavy (non-hydrogen) atoms. The Bertz CT molecular complexity index is 406. The molecule has 0 bridgehead atoms. The minimum atomic E-state index is 0.833. The van der Waals surface area contributed by atoms with Gasteiger partial charge in [0.25, 0.3) is 0 Å². The predicted molar refractivity (Wildman–Crippen MR) is 77.1 cm³/mol. The van der Waals surface area contributed by atoms with Crippen LogP contribution in [0.5, 0.6) is 0 Å². The molecule has 1 saturated heterocycles. The van der Waals surface area contributed by atoms with Gasteiger partial charge in [-0.3, -0.25) is 0 Å². The van der Waals surface area contributed by atoms with Crippen LogP contribution in [0.4, 0.5) is 5.95 Å². The van der Waals surface area contributed by atoms with E-state index in [0.29, 0.717) is 0 Å². The van der Waals surface area contributed by atoms with Crippen molar-refractivity contribution in [3.8, 4) is 0 Å². The first kappa shape index (κ1) is 12.9. The van der Waals surface area contributed by atoms with Gasteiger partial charge < -0.3 is 9.80 Å². The predicted octanol–water partition coefficient (Wildman–Crippen LogP) is 1.89. The number of aromatic nitrogens is 2. The van der Waals surface area contributed by atoms with Gasteiger partial charge in [-0.15, -0.1) is 0 Å². The lowest BCUT2D eigenvalue weighted by atomic mass is 9.74. The molecule has 0 unspecified atom stereocenters. The van der Waals surface area contributed by atoms with Crippen molar-refractivity contribution < 1.29 is 0 Å². The molecule has 0 spiro atoms. The van der Waals surface area contributed by atoms with Crippen LogP contribution >= 0.6 is 0 Å². The van der Waals surface area contributed by atoms with Gasteiger partial charge >= 0.3 is 0 Å². The lowest BCUT2D eigenvalue weighted by Crippen LogP contribution is -2.34. The van der Waals surface area contributed by atoms with Gasteiger partial charge in [0.05, 0.1) is 0 Å². The van der Waals surface area contributed by atoms with Crippen molar-refractivity contribution in [1.29, 1.82) is 0 Å². The van der Waals surface area contributed by atoms with Crippen molar-refractivity contribution in [2.45, 2.75) is 19.3 Å². The number of nitrogens with zero attached hydrogens (tertiary/aromatic N) is 4. The van der Waals surface area contributed by atoms with Gasteiger partial charge in [0.1, 0.15) is 0 Å². The summed E-state index contributed by atoms with van der Waals surface area (Å²) in [6.45, 7) is 3.52. The fourth-order valence-electron chi connectivity index (χ4n) is 3.91. The van der Waals surface area contributed by atoms with Crippen LogP contribution < -0.4 is 4.90 Å². The van der Waals surface area contributed by atoms with Crippen LogP contribution in [0.15, 0.2) is 18.5 Å². The first-order chi connectivity index (χ1) is 9.24. The second-order valence-corrected chi connectivity index (χ2v) is 6.33. The van der Waals surface area contributed by atoms with E-state index < -0.39 is 0 Å². The summed E-state index contributed by atoms with van der Waals surface area (Å²) in [6.07, 6.45) is 7.87. The zero-order chi connectivity index (χ0) is 13.2. The number of hydrogen-bond acceptors (Lipinski definition) is 4. The highest BCUT2D eigenvalue weighted by Gasteiger charge is 2.40. The standard InChI is InChI=1S/C15H24N4/c1-18(2)9-12-5-3-6-13-10-19(11-14(12)13)15-16-7-4-8-17-15/h4,7-8,12-14H,3,5-6,9-11H2,1-2H3/t12-,13+,14-/m0/s1. The highest BCUT2D eigenvalue weighted by atomic mass is 15.3. The maximum absolute atomic E-state index is 4.41. The van der Waals surface area contributed by atoms with Gasteiger partial charge in [-0.1, -0.05) is 6.42 Å². The van der Waals surface area contributed by atoms with E-state index in [1.54, 1.807) is 0 Å². The van der Waals surface area contributed by atoms with Crippen LogP contribution in [0.25, 0.3) is 0 Å². The summed E-state index contributed by atoms with van der Waals surface area (Å²) in [5.74, 6) is 3.45. The van der Waals surface area contributed by atoms with Gasteiger partial charge in [-0.2, -0.15) is 0 Å². The Balaban J connectivity index is 1.71. The Morgan fingerprint density at radius 2 is 2.00 bits per heavy atom. The van der Waals surface area contributed by atoms with Gasteiger partial charge in [-0.25, -0.2) is 9.97 Å². The Labute approximate surface area is 115 Å². The van der Waals surface area contributed by atoms with E-state index >= 15 is 0 Å². The van der Waals surface area contributed by atoms with Gasteiger partial charge in [0.2, 0.25) is 5.95 Å². The number of fused-ring (bicyclic) bond motifs is 1. The van der Waals surface area contributed by atoms with Crippen molar-refractivity contribution in [3.05, 3.63) is 18.5 Å². The van der Waals surface area contributed by atoms with Crippen LogP contribution in [0.1, 0.15) is 19.3 Å². The molecule has 2 aliphatic rings. The molecule has 1 aromatic heterocycles. The van der Waals surface area contributed by atoms with Gasteiger partial charge in [-0.05, 0) is 50.8 Å². The summed E-state index contributed by atoms with van der Waals surface area (Å²) in [6, 6.07) is 1.89. The summed E-state index contributed by atoms with van der Waals surface area (Å²) < 4.78 is 0. The monoisotopic (exact) mass is 260 g/mol. The van der Waals surface area contributed by atoms with E-state index in [0.717, 1.165) is 36.8 Å². The second-order valence-electron chi connectivity index (χ2n) is 6.33. The molecular formula is C15H24N4. The molecule has 2 heterocycles. The number of anilines is 1. The molecule has 0 radical (unpaired) electrons. The van der Waals surface area contributed by atoms with E-state index in [9.17, 15) is 0 Å². The molecule has 1 aromatic rings. The van der Waals surface area contributed by atoms with Crippen molar-refractivity contribution in [3.63, 3.8) is 0 Å². The van der Waals surface area contributed by atoms with Crippen LogP contribution in [-0.2, 0) is 0 Å². The Hall–Kier alpha value is -1.16. The third-order valence-electron chi connectivity index (χ3n) is 4.68. The van der Waals surface area contributed by atoms with Crippen molar-refractivity contribution in [2.24, 2.45) is 17.8 Å². The van der Waals surface area contributed by atoms with E-state index in [4.69, 9.17) is 0 Å². The molecule has 2 fully saturated rings. The Kier molecular flexibility index (Phi) is 3.69. The molecular weight excluding hydrogens is 236 g/mol. The second kappa shape index (κ2) is 5.45. The highest BCUT2D eigenvalue weighted by molar-refractivity contribution is 5.31. The van der Waals surface area contributed by atoms with Gasteiger partial charge in [0, 0.05) is 32.0 Å². The molecule has 1 saturated carbocycles. The van der Waals surface area contributed by atoms with Crippen LogP contribution in [0.3, 0.4) is 0 Å². The first-order valence-corrected chi connectivity index (χ1v) is 7.40. The quantitative estimate of drug-likeness (QED) is 0.831. The van der Waals surface area contributed by atoms with E-state index in [2.05, 4.69) is 33.9 Å².